The Morgan fingerprint density at radius 2 is 2.11 bits per heavy atom. The van der Waals surface area contributed by atoms with Crippen LogP contribution >= 0.6 is 23.4 Å². The number of halogens is 1. The minimum Gasteiger partial charge on any atom is -0.276 e. The number of hydrogen-bond donors (Lipinski definition) is 0. The van der Waals surface area contributed by atoms with Crippen molar-refractivity contribution in [3.05, 3.63) is 35.4 Å². The summed E-state index contributed by atoms with van der Waals surface area (Å²) in [5.74, 6) is 0. The molecule has 0 aliphatic rings. The molecule has 0 bridgehead atoms. The standard InChI is InChI=1S/C16H21ClOS/c1-3-4-5-6-8-13-9-7-10-14(16(13)19-2)11-12-15(17)18/h7,9-12H,3-6,8H2,1-2H3. The molecule has 3 heteroatoms. The van der Waals surface area contributed by atoms with Gasteiger partial charge in [-0.25, -0.2) is 0 Å². The molecule has 0 amide bonds. The van der Waals surface area contributed by atoms with Gasteiger partial charge in [0.05, 0.1) is 0 Å². The lowest BCUT2D eigenvalue weighted by Gasteiger charge is -2.10. The lowest BCUT2D eigenvalue weighted by atomic mass is 10.0. The van der Waals surface area contributed by atoms with Crippen LogP contribution in [-0.4, -0.2) is 11.5 Å². The maximum Gasteiger partial charge on any atom is 0.245 e. The summed E-state index contributed by atoms with van der Waals surface area (Å²) < 4.78 is 0. The number of carbonyl (C=O) groups excluding carboxylic acids is 1. The van der Waals surface area contributed by atoms with Crippen LogP contribution in [0.15, 0.2) is 29.2 Å². The molecule has 0 heterocycles. The van der Waals surface area contributed by atoms with Crippen LogP contribution in [0.25, 0.3) is 6.08 Å². The predicted octanol–water partition coefficient (Wildman–Crippen LogP) is 5.31. The fraction of sp³-hybridized carbons (Fsp3) is 0.438. The third kappa shape index (κ3) is 5.84. The van der Waals surface area contributed by atoms with E-state index in [2.05, 4.69) is 19.2 Å². The molecular formula is C16H21ClOS. The van der Waals surface area contributed by atoms with E-state index in [0.717, 1.165) is 12.0 Å². The molecule has 0 atom stereocenters. The Morgan fingerprint density at radius 3 is 2.74 bits per heavy atom. The van der Waals surface area contributed by atoms with Crippen molar-refractivity contribution >= 4 is 34.7 Å². The molecule has 1 nitrogen and oxygen atoms in total. The van der Waals surface area contributed by atoms with Crippen molar-refractivity contribution < 1.29 is 4.79 Å². The topological polar surface area (TPSA) is 17.1 Å². The van der Waals surface area contributed by atoms with Crippen molar-refractivity contribution in [1.82, 2.24) is 0 Å². The largest absolute Gasteiger partial charge is 0.276 e. The zero-order valence-electron chi connectivity index (χ0n) is 11.6. The van der Waals surface area contributed by atoms with Crippen LogP contribution in [-0.2, 0) is 11.2 Å². The summed E-state index contributed by atoms with van der Waals surface area (Å²) in [6.07, 6.45) is 11.5. The number of hydrogen-bond acceptors (Lipinski definition) is 2. The van der Waals surface area contributed by atoms with Crippen LogP contribution in [0.1, 0.15) is 43.7 Å². The van der Waals surface area contributed by atoms with Crippen LogP contribution in [0, 0.1) is 0 Å². The second-order valence-electron chi connectivity index (χ2n) is 4.49. The highest BCUT2D eigenvalue weighted by molar-refractivity contribution is 7.98. The van der Waals surface area contributed by atoms with Crippen LogP contribution in [0.5, 0.6) is 0 Å². The van der Waals surface area contributed by atoms with Gasteiger partial charge in [-0.1, -0.05) is 44.4 Å². The predicted molar refractivity (Wildman–Crippen MR) is 86.0 cm³/mol. The zero-order chi connectivity index (χ0) is 14.1. The molecule has 0 radical (unpaired) electrons. The lowest BCUT2D eigenvalue weighted by molar-refractivity contribution is -0.107. The molecule has 1 aromatic carbocycles. The molecule has 0 fully saturated rings. The molecule has 0 spiro atoms. The minimum atomic E-state index is -0.430. The van der Waals surface area contributed by atoms with Crippen molar-refractivity contribution in [3.63, 3.8) is 0 Å². The second kappa shape index (κ2) is 9.22. The van der Waals surface area contributed by atoms with E-state index in [1.165, 1.54) is 42.2 Å². The SMILES string of the molecule is CCCCCCc1cccc(C=CC(=O)Cl)c1SC. The highest BCUT2D eigenvalue weighted by atomic mass is 35.5. The smallest absolute Gasteiger partial charge is 0.245 e. The van der Waals surface area contributed by atoms with E-state index in [1.54, 1.807) is 17.8 Å². The monoisotopic (exact) mass is 296 g/mol. The van der Waals surface area contributed by atoms with E-state index in [9.17, 15) is 4.79 Å². The Labute approximate surface area is 125 Å². The maximum atomic E-state index is 10.8. The third-order valence-corrected chi connectivity index (χ3v) is 4.06. The van der Waals surface area contributed by atoms with Crippen LogP contribution in [0.4, 0.5) is 0 Å². The first-order valence-electron chi connectivity index (χ1n) is 6.72. The summed E-state index contributed by atoms with van der Waals surface area (Å²) in [4.78, 5) is 12.1. The zero-order valence-corrected chi connectivity index (χ0v) is 13.2. The molecule has 0 unspecified atom stereocenters. The fourth-order valence-electron chi connectivity index (χ4n) is 2.08. The highest BCUT2D eigenvalue weighted by Gasteiger charge is 2.05. The van der Waals surface area contributed by atoms with E-state index in [0.29, 0.717) is 0 Å². The first-order chi connectivity index (χ1) is 9.19. The maximum absolute atomic E-state index is 10.8. The van der Waals surface area contributed by atoms with E-state index in [1.807, 2.05) is 12.1 Å². The average molecular weight is 297 g/mol. The summed E-state index contributed by atoms with van der Waals surface area (Å²) in [6, 6.07) is 6.25. The number of aryl methyl sites for hydroxylation is 1. The average Bonchev–Trinajstić information content (AvgIpc) is 2.41. The molecule has 1 aromatic rings. The molecule has 0 saturated heterocycles. The molecule has 1 rings (SSSR count). The van der Waals surface area contributed by atoms with Gasteiger partial charge < -0.3 is 0 Å². The minimum absolute atomic E-state index is 0.430. The van der Waals surface area contributed by atoms with Crippen LogP contribution in [0.2, 0.25) is 0 Å². The molecule has 0 aliphatic carbocycles. The van der Waals surface area contributed by atoms with Gasteiger partial charge in [0.15, 0.2) is 0 Å². The summed E-state index contributed by atoms with van der Waals surface area (Å²) in [5, 5.41) is -0.430. The Bertz CT molecular complexity index is 440. The van der Waals surface area contributed by atoms with Gasteiger partial charge >= 0.3 is 0 Å². The second-order valence-corrected chi connectivity index (χ2v) is 5.68. The quantitative estimate of drug-likeness (QED) is 0.280. The fourth-order valence-corrected chi connectivity index (χ4v) is 2.95. The first-order valence-corrected chi connectivity index (χ1v) is 8.32. The molecule has 0 N–H and O–H groups in total. The highest BCUT2D eigenvalue weighted by Crippen LogP contribution is 2.27. The molecule has 0 aliphatic heterocycles. The molecule has 104 valence electrons. The Balaban J connectivity index is 2.80. The summed E-state index contributed by atoms with van der Waals surface area (Å²) in [6.45, 7) is 2.22. The van der Waals surface area contributed by atoms with E-state index >= 15 is 0 Å². The van der Waals surface area contributed by atoms with Gasteiger partial charge in [0.25, 0.3) is 0 Å². The van der Waals surface area contributed by atoms with Gasteiger partial charge in [0.2, 0.25) is 5.24 Å². The van der Waals surface area contributed by atoms with E-state index in [4.69, 9.17) is 11.6 Å². The summed E-state index contributed by atoms with van der Waals surface area (Å²) in [7, 11) is 0. The van der Waals surface area contributed by atoms with E-state index in [-0.39, 0.29) is 0 Å². The number of allylic oxidation sites excluding steroid dienone is 1. The number of thioether (sulfide) groups is 1. The first kappa shape index (κ1) is 16.3. The number of rotatable bonds is 8. The van der Waals surface area contributed by atoms with E-state index < -0.39 is 5.24 Å². The molecule has 19 heavy (non-hydrogen) atoms. The van der Waals surface area contributed by atoms with Crippen LogP contribution < -0.4 is 0 Å². The summed E-state index contributed by atoms with van der Waals surface area (Å²) in [5.41, 5.74) is 2.45. The number of unbranched alkanes of at least 4 members (excludes halogenated alkanes) is 3. The third-order valence-electron chi connectivity index (χ3n) is 3.02. The van der Waals surface area contributed by atoms with Gasteiger partial charge in [0.1, 0.15) is 0 Å². The normalized spacial score (nSPS) is 11.1. The van der Waals surface area contributed by atoms with Crippen molar-refractivity contribution in [1.29, 1.82) is 0 Å². The van der Waals surface area contributed by atoms with Crippen molar-refractivity contribution in [3.8, 4) is 0 Å². The lowest BCUT2D eigenvalue weighted by Crippen LogP contribution is -1.92. The Morgan fingerprint density at radius 1 is 1.32 bits per heavy atom. The van der Waals surface area contributed by atoms with Gasteiger partial charge in [-0.2, -0.15) is 0 Å². The van der Waals surface area contributed by atoms with Crippen molar-refractivity contribution in [2.45, 2.75) is 43.9 Å². The molecule has 0 saturated carbocycles. The summed E-state index contributed by atoms with van der Waals surface area (Å²) >= 11 is 7.08. The van der Waals surface area contributed by atoms with Gasteiger partial charge in [-0.3, -0.25) is 4.79 Å². The molecule has 0 aromatic heterocycles. The Kier molecular flexibility index (Phi) is 7.92. The van der Waals surface area contributed by atoms with Crippen LogP contribution in [0.3, 0.4) is 0 Å². The van der Waals surface area contributed by atoms with Gasteiger partial charge in [-0.15, -0.1) is 11.8 Å². The van der Waals surface area contributed by atoms with Gasteiger partial charge in [0, 0.05) is 4.90 Å². The van der Waals surface area contributed by atoms with Crippen molar-refractivity contribution in [2.24, 2.45) is 0 Å². The molecular weight excluding hydrogens is 276 g/mol. The Hall–Kier alpha value is -0.730. The number of carbonyl (C=O) groups is 1. The van der Waals surface area contributed by atoms with Crippen molar-refractivity contribution in [2.75, 3.05) is 6.26 Å². The van der Waals surface area contributed by atoms with Gasteiger partial charge in [-0.05, 0) is 54.0 Å². The number of benzene rings is 1.